The van der Waals surface area contributed by atoms with E-state index in [9.17, 15) is 10.0 Å². The number of benzene rings is 2. The van der Waals surface area contributed by atoms with Gasteiger partial charge in [-0.3, -0.25) is 5.21 Å². The van der Waals surface area contributed by atoms with Crippen LogP contribution in [0, 0.1) is 0 Å². The Morgan fingerprint density at radius 3 is 2.88 bits per heavy atom. The molecule has 0 spiro atoms. The molecule has 0 saturated heterocycles. The summed E-state index contributed by atoms with van der Waals surface area (Å²) in [4.78, 5) is 11.3. The van der Waals surface area contributed by atoms with Crippen LogP contribution in [0.4, 0.5) is 4.79 Å². The standard InChI is InChI=1S/C19H19NO4/c1-23-19(21)20(22)13-14-10-11-17-15(12-14)6-5-9-18(17)24-16-7-3-2-4-8-16/h3,5-12,22H,2,4,13H2,1H3. The van der Waals surface area contributed by atoms with Crippen LogP contribution in [0.25, 0.3) is 10.8 Å². The Bertz CT molecular complexity index is 810. The minimum atomic E-state index is -0.789. The van der Waals surface area contributed by atoms with Crippen LogP contribution >= 0.6 is 0 Å². The van der Waals surface area contributed by atoms with Gasteiger partial charge in [-0.25, -0.2) is 4.79 Å². The molecule has 5 nitrogen and oxygen atoms in total. The smallest absolute Gasteiger partial charge is 0.433 e. The Hall–Kier alpha value is -2.79. The SMILES string of the molecule is COC(=O)N(O)Cc1ccc2c(OC3=CCCC=C3)cccc2c1. The molecule has 0 saturated carbocycles. The molecule has 1 aliphatic carbocycles. The van der Waals surface area contributed by atoms with Gasteiger partial charge in [0, 0.05) is 5.39 Å². The Morgan fingerprint density at radius 2 is 2.12 bits per heavy atom. The number of hydrogen-bond acceptors (Lipinski definition) is 4. The van der Waals surface area contributed by atoms with E-state index in [0.717, 1.165) is 40.7 Å². The van der Waals surface area contributed by atoms with Crippen LogP contribution < -0.4 is 4.74 Å². The molecular weight excluding hydrogens is 306 g/mol. The predicted molar refractivity (Wildman–Crippen MR) is 90.8 cm³/mol. The van der Waals surface area contributed by atoms with Gasteiger partial charge in [-0.15, -0.1) is 0 Å². The summed E-state index contributed by atoms with van der Waals surface area (Å²) in [5, 5.41) is 12.1. The molecule has 0 aliphatic heterocycles. The van der Waals surface area contributed by atoms with Crippen molar-refractivity contribution in [3.63, 3.8) is 0 Å². The maximum absolute atomic E-state index is 11.3. The molecule has 0 atom stereocenters. The van der Waals surface area contributed by atoms with E-state index in [1.54, 1.807) is 0 Å². The zero-order chi connectivity index (χ0) is 16.9. The first kappa shape index (κ1) is 16.1. The van der Waals surface area contributed by atoms with Crippen molar-refractivity contribution in [3.8, 4) is 5.75 Å². The second-order valence-corrected chi connectivity index (χ2v) is 5.53. The van der Waals surface area contributed by atoms with Gasteiger partial charge in [0.2, 0.25) is 0 Å². The lowest BCUT2D eigenvalue weighted by Crippen LogP contribution is -2.26. The van der Waals surface area contributed by atoms with Crippen LogP contribution in [0.15, 0.2) is 60.4 Å². The minimum Gasteiger partial charge on any atom is -0.457 e. The number of hydroxylamine groups is 2. The summed E-state index contributed by atoms with van der Waals surface area (Å²) in [6.07, 6.45) is 7.40. The van der Waals surface area contributed by atoms with E-state index in [1.165, 1.54) is 7.11 Å². The highest BCUT2D eigenvalue weighted by Gasteiger charge is 2.12. The van der Waals surface area contributed by atoms with Gasteiger partial charge in [0.1, 0.15) is 11.5 Å². The highest BCUT2D eigenvalue weighted by molar-refractivity contribution is 5.89. The van der Waals surface area contributed by atoms with Crippen molar-refractivity contribution in [2.45, 2.75) is 19.4 Å². The maximum atomic E-state index is 11.3. The van der Waals surface area contributed by atoms with E-state index >= 15 is 0 Å². The Labute approximate surface area is 140 Å². The number of carbonyl (C=O) groups is 1. The third-order valence-electron chi connectivity index (χ3n) is 3.81. The van der Waals surface area contributed by atoms with Gasteiger partial charge >= 0.3 is 6.09 Å². The van der Waals surface area contributed by atoms with Gasteiger partial charge in [0.25, 0.3) is 0 Å². The number of nitrogens with zero attached hydrogens (tertiary/aromatic N) is 1. The highest BCUT2D eigenvalue weighted by atomic mass is 16.6. The Balaban J connectivity index is 1.85. The fourth-order valence-electron chi connectivity index (χ4n) is 2.63. The van der Waals surface area contributed by atoms with Crippen molar-refractivity contribution in [2.24, 2.45) is 0 Å². The number of methoxy groups -OCH3 is 1. The minimum absolute atomic E-state index is 0.0571. The average molecular weight is 325 g/mol. The monoisotopic (exact) mass is 325 g/mol. The number of fused-ring (bicyclic) bond motifs is 1. The molecule has 1 N–H and O–H groups in total. The molecule has 0 radical (unpaired) electrons. The lowest BCUT2D eigenvalue weighted by atomic mass is 10.1. The summed E-state index contributed by atoms with van der Waals surface area (Å²) < 4.78 is 10.5. The van der Waals surface area contributed by atoms with Gasteiger partial charge in [-0.05, 0) is 48.1 Å². The third-order valence-corrected chi connectivity index (χ3v) is 3.81. The van der Waals surface area contributed by atoms with Crippen LogP contribution in [0.2, 0.25) is 0 Å². The van der Waals surface area contributed by atoms with E-state index in [0.29, 0.717) is 5.06 Å². The molecule has 2 aromatic carbocycles. The normalized spacial score (nSPS) is 13.5. The summed E-state index contributed by atoms with van der Waals surface area (Å²) in [5.74, 6) is 1.63. The Kier molecular flexibility index (Phi) is 4.82. The Morgan fingerprint density at radius 1 is 1.25 bits per heavy atom. The number of carbonyl (C=O) groups excluding carboxylic acids is 1. The lowest BCUT2D eigenvalue weighted by molar-refractivity contribution is -0.0761. The van der Waals surface area contributed by atoms with E-state index in [4.69, 9.17) is 4.74 Å². The molecule has 0 unspecified atom stereocenters. The maximum Gasteiger partial charge on any atom is 0.433 e. The zero-order valence-electron chi connectivity index (χ0n) is 13.4. The first-order valence-corrected chi connectivity index (χ1v) is 7.78. The van der Waals surface area contributed by atoms with Crippen molar-refractivity contribution in [1.82, 2.24) is 5.06 Å². The molecule has 5 heteroatoms. The zero-order valence-corrected chi connectivity index (χ0v) is 13.4. The van der Waals surface area contributed by atoms with Crippen LogP contribution in [0.5, 0.6) is 5.75 Å². The molecule has 0 aromatic heterocycles. The van der Waals surface area contributed by atoms with Crippen molar-refractivity contribution >= 4 is 16.9 Å². The molecule has 0 fully saturated rings. The largest absolute Gasteiger partial charge is 0.457 e. The molecule has 1 aliphatic rings. The molecular formula is C19H19NO4. The van der Waals surface area contributed by atoms with Crippen molar-refractivity contribution < 1.29 is 19.5 Å². The topological polar surface area (TPSA) is 59.0 Å². The summed E-state index contributed by atoms with van der Waals surface area (Å²) >= 11 is 0. The van der Waals surface area contributed by atoms with Crippen LogP contribution in [-0.2, 0) is 11.3 Å². The van der Waals surface area contributed by atoms with Crippen molar-refractivity contribution in [1.29, 1.82) is 0 Å². The van der Waals surface area contributed by atoms with E-state index in [-0.39, 0.29) is 6.54 Å². The lowest BCUT2D eigenvalue weighted by Gasteiger charge is -2.15. The van der Waals surface area contributed by atoms with Gasteiger partial charge in [0.05, 0.1) is 13.7 Å². The average Bonchev–Trinajstić information content (AvgIpc) is 2.62. The fraction of sp³-hybridized carbons (Fsp3) is 0.211. The number of allylic oxidation sites excluding steroid dienone is 3. The van der Waals surface area contributed by atoms with Crippen molar-refractivity contribution in [3.05, 3.63) is 65.9 Å². The quantitative estimate of drug-likeness (QED) is 0.668. The molecule has 3 rings (SSSR count). The number of hydrogen-bond donors (Lipinski definition) is 1. The van der Waals surface area contributed by atoms with Gasteiger partial charge < -0.3 is 9.47 Å². The second kappa shape index (κ2) is 7.19. The van der Waals surface area contributed by atoms with Crippen molar-refractivity contribution in [2.75, 3.05) is 7.11 Å². The molecule has 0 bridgehead atoms. The predicted octanol–water partition coefficient (Wildman–Crippen LogP) is 4.41. The fourth-order valence-corrected chi connectivity index (χ4v) is 2.63. The molecule has 24 heavy (non-hydrogen) atoms. The first-order valence-electron chi connectivity index (χ1n) is 7.78. The highest BCUT2D eigenvalue weighted by Crippen LogP contribution is 2.29. The van der Waals surface area contributed by atoms with Gasteiger partial charge in [-0.2, -0.15) is 5.06 Å². The summed E-state index contributed by atoms with van der Waals surface area (Å²) in [6, 6.07) is 11.5. The number of rotatable bonds is 4. The van der Waals surface area contributed by atoms with Crippen LogP contribution in [0.3, 0.4) is 0 Å². The van der Waals surface area contributed by atoms with Crippen LogP contribution in [-0.4, -0.2) is 23.5 Å². The summed E-state index contributed by atoms with van der Waals surface area (Å²) in [6.45, 7) is 0.0571. The number of ether oxygens (including phenoxy) is 2. The molecule has 124 valence electrons. The molecule has 0 heterocycles. The molecule has 2 aromatic rings. The first-order chi connectivity index (χ1) is 11.7. The molecule has 1 amide bonds. The van der Waals surface area contributed by atoms with Gasteiger partial charge in [0.15, 0.2) is 0 Å². The number of amides is 1. The van der Waals surface area contributed by atoms with E-state index < -0.39 is 6.09 Å². The van der Waals surface area contributed by atoms with E-state index in [1.807, 2.05) is 42.5 Å². The second-order valence-electron chi connectivity index (χ2n) is 5.53. The summed E-state index contributed by atoms with van der Waals surface area (Å²) in [5.41, 5.74) is 0.796. The third kappa shape index (κ3) is 3.58. The van der Waals surface area contributed by atoms with E-state index in [2.05, 4.69) is 16.9 Å². The summed E-state index contributed by atoms with van der Waals surface area (Å²) in [7, 11) is 1.23. The van der Waals surface area contributed by atoms with Gasteiger partial charge in [-0.1, -0.05) is 30.3 Å². The van der Waals surface area contributed by atoms with Crippen LogP contribution in [0.1, 0.15) is 18.4 Å².